The van der Waals surface area contributed by atoms with Gasteiger partial charge in [0.2, 0.25) is 0 Å². The van der Waals surface area contributed by atoms with E-state index in [4.69, 9.17) is 0 Å². The van der Waals surface area contributed by atoms with Gasteiger partial charge in [0.05, 0.1) is 0 Å². The lowest BCUT2D eigenvalue weighted by molar-refractivity contribution is 0.863. The molecule has 4 aromatic rings. The molecular formula is C36H51N. The molecule has 0 radical (unpaired) electrons. The van der Waals surface area contributed by atoms with Crippen molar-refractivity contribution in [1.29, 1.82) is 0 Å². The van der Waals surface area contributed by atoms with E-state index in [2.05, 4.69) is 133 Å². The third-order valence-corrected chi connectivity index (χ3v) is 5.77. The molecule has 0 amide bonds. The average Bonchev–Trinajstić information content (AvgIpc) is 2.92. The number of pyridine rings is 1. The Hall–Kier alpha value is -3.19. The van der Waals surface area contributed by atoms with Gasteiger partial charge in [0, 0.05) is 12.4 Å². The van der Waals surface area contributed by atoms with Gasteiger partial charge >= 0.3 is 0 Å². The monoisotopic (exact) mass is 497 g/mol. The number of hydrogen-bond donors (Lipinski definition) is 0. The van der Waals surface area contributed by atoms with Gasteiger partial charge in [-0.25, -0.2) is 0 Å². The second-order valence-corrected chi connectivity index (χ2v) is 10.1. The minimum atomic E-state index is 0. The van der Waals surface area contributed by atoms with Gasteiger partial charge in [0.15, 0.2) is 0 Å². The Kier molecular flexibility index (Phi) is 18.2. The van der Waals surface area contributed by atoms with Crippen LogP contribution in [0.2, 0.25) is 0 Å². The van der Waals surface area contributed by atoms with Crippen LogP contribution < -0.4 is 0 Å². The third kappa shape index (κ3) is 15.5. The van der Waals surface area contributed by atoms with E-state index in [1.807, 2.05) is 42.7 Å². The maximum absolute atomic E-state index is 3.93. The predicted octanol–water partition coefficient (Wildman–Crippen LogP) is 11.3. The normalized spacial score (nSPS) is 9.84. The molecule has 0 aliphatic heterocycles. The zero-order valence-electron chi connectivity index (χ0n) is 23.7. The average molecular weight is 498 g/mol. The summed E-state index contributed by atoms with van der Waals surface area (Å²) in [6.07, 6.45) is 3.66. The molecule has 0 fully saturated rings. The third-order valence-electron chi connectivity index (χ3n) is 5.77. The summed E-state index contributed by atoms with van der Waals surface area (Å²) >= 11 is 0. The van der Waals surface area contributed by atoms with Crippen molar-refractivity contribution >= 4 is 0 Å². The summed E-state index contributed by atoms with van der Waals surface area (Å²) in [5.74, 6) is 2.59. The van der Waals surface area contributed by atoms with Crippen LogP contribution in [0.15, 0.2) is 116 Å². The van der Waals surface area contributed by atoms with Crippen molar-refractivity contribution in [2.45, 2.75) is 86.5 Å². The summed E-state index contributed by atoms with van der Waals surface area (Å²) in [6.45, 7) is 17.6. The highest BCUT2D eigenvalue weighted by Crippen LogP contribution is 2.13. The molecule has 37 heavy (non-hydrogen) atoms. The number of benzene rings is 3. The molecule has 1 nitrogen and oxygen atoms in total. The van der Waals surface area contributed by atoms with Crippen LogP contribution in [-0.2, 0) is 0 Å². The lowest BCUT2D eigenvalue weighted by Crippen LogP contribution is -1.85. The van der Waals surface area contributed by atoms with Gasteiger partial charge < -0.3 is 0 Å². The largest absolute Gasteiger partial charge is 0.265 e. The van der Waals surface area contributed by atoms with Crippen molar-refractivity contribution in [3.8, 4) is 0 Å². The molecule has 0 aliphatic carbocycles. The molecular weight excluding hydrogens is 446 g/mol. The molecule has 1 aromatic heterocycles. The van der Waals surface area contributed by atoms with Crippen molar-refractivity contribution in [3.63, 3.8) is 0 Å². The van der Waals surface area contributed by atoms with Crippen LogP contribution in [0, 0.1) is 0 Å². The SMILES string of the molecule is C.CC(C)c1ccccc1.CC(C)c1ccccc1.CC(C)c1ccccc1.CC(C)c1ccncc1. The van der Waals surface area contributed by atoms with Crippen molar-refractivity contribution in [2.24, 2.45) is 0 Å². The van der Waals surface area contributed by atoms with Gasteiger partial charge in [-0.1, -0.05) is 154 Å². The smallest absolute Gasteiger partial charge is 0.0270 e. The molecule has 0 spiro atoms. The van der Waals surface area contributed by atoms with Crippen LogP contribution in [0.5, 0.6) is 0 Å². The highest BCUT2D eigenvalue weighted by Gasteiger charge is 1.95. The van der Waals surface area contributed by atoms with E-state index in [-0.39, 0.29) is 7.43 Å². The van der Waals surface area contributed by atoms with Crippen LogP contribution >= 0.6 is 0 Å². The molecule has 200 valence electrons. The van der Waals surface area contributed by atoms with Crippen LogP contribution in [-0.4, -0.2) is 4.98 Å². The predicted molar refractivity (Wildman–Crippen MR) is 167 cm³/mol. The van der Waals surface area contributed by atoms with Gasteiger partial charge in [-0.3, -0.25) is 4.98 Å². The van der Waals surface area contributed by atoms with E-state index in [1.54, 1.807) is 0 Å². The molecule has 0 aliphatic rings. The molecule has 0 unspecified atom stereocenters. The molecule has 0 atom stereocenters. The lowest BCUT2D eigenvalue weighted by Gasteiger charge is -2.01. The Morgan fingerprint density at radius 2 is 0.568 bits per heavy atom. The summed E-state index contributed by atoms with van der Waals surface area (Å²) in [4.78, 5) is 3.93. The fourth-order valence-corrected chi connectivity index (χ4v) is 3.26. The standard InChI is InChI=1S/3C9H12.C8H11N.CH4/c3*1-8(2)9-6-4-3-5-7-9;1-7(2)8-3-5-9-6-4-8;/h3*3-8H,1-2H3;3-7H,1-2H3;1H4. The molecule has 1 heterocycles. The summed E-state index contributed by atoms with van der Waals surface area (Å²) in [6, 6.07) is 35.7. The first-order chi connectivity index (χ1) is 17.2. The van der Waals surface area contributed by atoms with E-state index in [9.17, 15) is 0 Å². The summed E-state index contributed by atoms with van der Waals surface area (Å²) in [5.41, 5.74) is 5.59. The van der Waals surface area contributed by atoms with E-state index >= 15 is 0 Å². The molecule has 0 saturated heterocycles. The van der Waals surface area contributed by atoms with Gasteiger partial charge in [-0.15, -0.1) is 0 Å². The number of nitrogens with zero attached hydrogens (tertiary/aromatic N) is 1. The molecule has 1 heteroatoms. The minimum absolute atomic E-state index is 0. The molecule has 0 bridgehead atoms. The fourth-order valence-electron chi connectivity index (χ4n) is 3.26. The van der Waals surface area contributed by atoms with Gasteiger partial charge in [0.25, 0.3) is 0 Å². The Labute approximate surface area is 229 Å². The van der Waals surface area contributed by atoms with Crippen LogP contribution in [0.1, 0.15) is 109 Å². The topological polar surface area (TPSA) is 12.9 Å². The van der Waals surface area contributed by atoms with Crippen molar-refractivity contribution < 1.29 is 0 Å². The lowest BCUT2D eigenvalue weighted by atomic mass is 10.0. The van der Waals surface area contributed by atoms with Crippen molar-refractivity contribution in [2.75, 3.05) is 0 Å². The first-order valence-corrected chi connectivity index (χ1v) is 13.3. The van der Waals surface area contributed by atoms with Gasteiger partial charge in [-0.2, -0.15) is 0 Å². The summed E-state index contributed by atoms with van der Waals surface area (Å²) in [5, 5.41) is 0. The van der Waals surface area contributed by atoms with Crippen LogP contribution in [0.25, 0.3) is 0 Å². The molecule has 0 N–H and O–H groups in total. The fraction of sp³-hybridized carbons (Fsp3) is 0.361. The zero-order valence-corrected chi connectivity index (χ0v) is 23.7. The van der Waals surface area contributed by atoms with Gasteiger partial charge in [0.1, 0.15) is 0 Å². The Morgan fingerprint density at radius 3 is 0.730 bits per heavy atom. The van der Waals surface area contributed by atoms with Crippen molar-refractivity contribution in [1.82, 2.24) is 4.98 Å². The van der Waals surface area contributed by atoms with Crippen LogP contribution in [0.4, 0.5) is 0 Å². The number of rotatable bonds is 4. The number of aromatic nitrogens is 1. The van der Waals surface area contributed by atoms with Crippen molar-refractivity contribution in [3.05, 3.63) is 138 Å². The first-order valence-electron chi connectivity index (χ1n) is 13.3. The second-order valence-electron chi connectivity index (χ2n) is 10.1. The maximum atomic E-state index is 3.93. The highest BCUT2D eigenvalue weighted by molar-refractivity contribution is 5.19. The first kappa shape index (κ1) is 33.8. The van der Waals surface area contributed by atoms with E-state index in [0.29, 0.717) is 23.7 Å². The minimum Gasteiger partial charge on any atom is -0.265 e. The van der Waals surface area contributed by atoms with E-state index in [1.165, 1.54) is 22.3 Å². The summed E-state index contributed by atoms with van der Waals surface area (Å²) in [7, 11) is 0. The maximum Gasteiger partial charge on any atom is 0.0270 e. The Balaban J connectivity index is 0.000000463. The van der Waals surface area contributed by atoms with Gasteiger partial charge in [-0.05, 0) is 58.1 Å². The van der Waals surface area contributed by atoms with Crippen LogP contribution in [0.3, 0.4) is 0 Å². The molecule has 4 rings (SSSR count). The molecule has 0 saturated carbocycles. The second kappa shape index (κ2) is 19.9. The zero-order chi connectivity index (χ0) is 26.8. The quantitative estimate of drug-likeness (QED) is 0.273. The summed E-state index contributed by atoms with van der Waals surface area (Å²) < 4.78 is 0. The Bertz CT molecular complexity index is 831. The Morgan fingerprint density at radius 1 is 0.351 bits per heavy atom. The molecule has 3 aromatic carbocycles. The highest BCUT2D eigenvalue weighted by atomic mass is 14.6. The van der Waals surface area contributed by atoms with E-state index in [0.717, 1.165) is 0 Å². The van der Waals surface area contributed by atoms with E-state index < -0.39 is 0 Å². The number of hydrogen-bond acceptors (Lipinski definition) is 1.